The lowest BCUT2D eigenvalue weighted by atomic mass is 10.0. The number of piperidine rings is 1. The van der Waals surface area contributed by atoms with Crippen LogP contribution in [-0.2, 0) is 6.42 Å². The molecule has 3 rings (SSSR count). The number of benzene rings is 1. The van der Waals surface area contributed by atoms with Gasteiger partial charge in [-0.1, -0.05) is 49.7 Å². The summed E-state index contributed by atoms with van der Waals surface area (Å²) in [6.45, 7) is 13.3. The van der Waals surface area contributed by atoms with Gasteiger partial charge in [-0.15, -0.1) is 0 Å². The first-order valence-corrected chi connectivity index (χ1v) is 10.4. The molecule has 0 bridgehead atoms. The van der Waals surface area contributed by atoms with Crippen LogP contribution in [0, 0.1) is 0 Å². The van der Waals surface area contributed by atoms with Crippen LogP contribution >= 0.6 is 11.9 Å². The fourth-order valence-electron chi connectivity index (χ4n) is 3.98. The molecule has 1 atom stereocenters. The predicted octanol–water partition coefficient (Wildman–Crippen LogP) is 4.19. The lowest BCUT2D eigenvalue weighted by Crippen LogP contribution is -2.43. The minimum atomic E-state index is 0.308. The fourth-order valence-corrected chi connectivity index (χ4v) is 4.81. The fraction of sp³-hybridized carbons (Fsp3) is 0.524. The molecule has 1 unspecified atom stereocenters. The smallest absolute Gasteiger partial charge is 0.0919 e. The summed E-state index contributed by atoms with van der Waals surface area (Å²) in [7, 11) is 0. The summed E-state index contributed by atoms with van der Waals surface area (Å²) in [5, 5.41) is 7.20. The summed E-state index contributed by atoms with van der Waals surface area (Å²) in [4.78, 5) is 0. The Morgan fingerprint density at radius 3 is 2.72 bits per heavy atom. The van der Waals surface area contributed by atoms with E-state index >= 15 is 0 Å². The van der Waals surface area contributed by atoms with Crippen LogP contribution in [0.5, 0.6) is 0 Å². The Kier molecular flexibility index (Phi) is 6.13. The van der Waals surface area contributed by atoms with Crippen molar-refractivity contribution in [1.29, 1.82) is 0 Å². The van der Waals surface area contributed by atoms with Gasteiger partial charge in [0.1, 0.15) is 0 Å². The highest BCUT2D eigenvalue weighted by Gasteiger charge is 2.23. The maximum absolute atomic E-state index is 4.23. The highest BCUT2D eigenvalue weighted by molar-refractivity contribution is 7.96. The second-order valence-corrected chi connectivity index (χ2v) is 8.45. The third-order valence-electron chi connectivity index (χ3n) is 5.34. The van der Waals surface area contributed by atoms with Gasteiger partial charge in [0, 0.05) is 30.9 Å². The van der Waals surface area contributed by atoms with Gasteiger partial charge >= 0.3 is 0 Å². The van der Waals surface area contributed by atoms with E-state index in [1.54, 1.807) is 0 Å². The third kappa shape index (κ3) is 4.42. The van der Waals surface area contributed by atoms with E-state index in [9.17, 15) is 0 Å². The van der Waals surface area contributed by atoms with Crippen molar-refractivity contribution in [2.24, 2.45) is 0 Å². The standard InChI is InChI=1S/C21H31N3S/c1-5-25-24-12-10-19(11-13-24)23-17(4)22-16(3)21-14-18-8-6-7-9-20(18)15(21)2/h6-9,16,19,22-23H,4-5,10-14H2,1-3H3. The van der Waals surface area contributed by atoms with Crippen LogP contribution in [0.25, 0.3) is 5.57 Å². The molecule has 4 heteroatoms. The zero-order valence-corrected chi connectivity index (χ0v) is 16.6. The van der Waals surface area contributed by atoms with E-state index in [1.165, 1.54) is 54.0 Å². The zero-order valence-electron chi connectivity index (χ0n) is 15.8. The van der Waals surface area contributed by atoms with Crippen LogP contribution < -0.4 is 10.6 Å². The molecular weight excluding hydrogens is 326 g/mol. The minimum Gasteiger partial charge on any atom is -0.370 e. The Hall–Kier alpha value is -1.39. The molecule has 0 saturated carbocycles. The van der Waals surface area contributed by atoms with Crippen molar-refractivity contribution in [1.82, 2.24) is 14.9 Å². The van der Waals surface area contributed by atoms with E-state index < -0.39 is 0 Å². The molecule has 0 radical (unpaired) electrons. The largest absolute Gasteiger partial charge is 0.370 e. The molecule has 25 heavy (non-hydrogen) atoms. The van der Waals surface area contributed by atoms with Crippen LogP contribution in [0.4, 0.5) is 0 Å². The highest BCUT2D eigenvalue weighted by atomic mass is 32.2. The van der Waals surface area contributed by atoms with Crippen molar-refractivity contribution in [2.45, 2.75) is 52.1 Å². The molecule has 1 aromatic carbocycles. The number of nitrogens with one attached hydrogen (secondary N) is 2. The van der Waals surface area contributed by atoms with Gasteiger partial charge in [-0.25, -0.2) is 0 Å². The third-order valence-corrected chi connectivity index (χ3v) is 6.33. The molecule has 3 nitrogen and oxygen atoms in total. The van der Waals surface area contributed by atoms with Crippen LogP contribution in [0.2, 0.25) is 0 Å². The Bertz CT molecular complexity index is 644. The minimum absolute atomic E-state index is 0.308. The molecule has 1 aliphatic carbocycles. The zero-order chi connectivity index (χ0) is 17.8. The first-order valence-electron chi connectivity index (χ1n) is 9.46. The van der Waals surface area contributed by atoms with Crippen molar-refractivity contribution in [2.75, 3.05) is 18.8 Å². The van der Waals surface area contributed by atoms with E-state index in [0.29, 0.717) is 12.1 Å². The average Bonchev–Trinajstić information content (AvgIpc) is 2.94. The van der Waals surface area contributed by atoms with Crippen molar-refractivity contribution in [3.63, 3.8) is 0 Å². The second-order valence-electron chi connectivity index (χ2n) is 7.09. The first kappa shape index (κ1) is 18.4. The van der Waals surface area contributed by atoms with Crippen molar-refractivity contribution in [3.05, 3.63) is 53.4 Å². The van der Waals surface area contributed by atoms with E-state index in [-0.39, 0.29) is 0 Å². The topological polar surface area (TPSA) is 27.3 Å². The van der Waals surface area contributed by atoms with Gasteiger partial charge in [-0.3, -0.25) is 4.31 Å². The van der Waals surface area contributed by atoms with Gasteiger partial charge in [0.05, 0.1) is 5.82 Å². The molecule has 1 aromatic rings. The summed E-state index contributed by atoms with van der Waals surface area (Å²) < 4.78 is 2.49. The SMILES string of the molecule is C=C(NC1CCN(SCC)CC1)NC(C)C1=C(C)c2ccccc2C1. The molecule has 2 aliphatic rings. The average molecular weight is 358 g/mol. The Morgan fingerprint density at radius 1 is 1.32 bits per heavy atom. The Morgan fingerprint density at radius 2 is 2.04 bits per heavy atom. The summed E-state index contributed by atoms with van der Waals surface area (Å²) in [6, 6.07) is 9.59. The van der Waals surface area contributed by atoms with Gasteiger partial charge in [-0.2, -0.15) is 0 Å². The maximum atomic E-state index is 4.23. The van der Waals surface area contributed by atoms with Crippen LogP contribution in [0.15, 0.2) is 42.2 Å². The van der Waals surface area contributed by atoms with Gasteiger partial charge in [-0.05, 0) is 55.4 Å². The van der Waals surface area contributed by atoms with E-state index in [2.05, 4.69) is 66.6 Å². The van der Waals surface area contributed by atoms with Crippen LogP contribution in [0.1, 0.15) is 44.7 Å². The van der Waals surface area contributed by atoms with Gasteiger partial charge in [0.15, 0.2) is 0 Å². The lowest BCUT2D eigenvalue weighted by molar-refractivity contribution is 0.316. The van der Waals surface area contributed by atoms with Gasteiger partial charge < -0.3 is 10.6 Å². The number of hydrogen-bond acceptors (Lipinski definition) is 4. The summed E-state index contributed by atoms with van der Waals surface area (Å²) in [5.41, 5.74) is 5.76. The van der Waals surface area contributed by atoms with Crippen molar-refractivity contribution in [3.8, 4) is 0 Å². The van der Waals surface area contributed by atoms with Gasteiger partial charge in [0.25, 0.3) is 0 Å². The summed E-state index contributed by atoms with van der Waals surface area (Å²) in [6.07, 6.45) is 3.43. The lowest BCUT2D eigenvalue weighted by Gasteiger charge is -2.33. The monoisotopic (exact) mass is 357 g/mol. The normalized spacial score (nSPS) is 19.6. The Labute approximate surface area is 157 Å². The molecule has 1 aliphatic heterocycles. The molecule has 1 fully saturated rings. The van der Waals surface area contributed by atoms with Crippen LogP contribution in [-0.4, -0.2) is 35.2 Å². The summed E-state index contributed by atoms with van der Waals surface area (Å²) >= 11 is 1.96. The molecule has 1 heterocycles. The van der Waals surface area contributed by atoms with E-state index in [1.807, 2.05) is 11.9 Å². The molecule has 0 amide bonds. The number of rotatable bonds is 7. The first-order chi connectivity index (χ1) is 12.1. The molecule has 1 saturated heterocycles. The number of hydrogen-bond donors (Lipinski definition) is 2. The molecular formula is C21H31N3S. The van der Waals surface area contributed by atoms with E-state index in [4.69, 9.17) is 0 Å². The molecule has 0 spiro atoms. The molecule has 136 valence electrons. The van der Waals surface area contributed by atoms with Crippen LogP contribution in [0.3, 0.4) is 0 Å². The predicted molar refractivity (Wildman–Crippen MR) is 110 cm³/mol. The maximum Gasteiger partial charge on any atom is 0.0919 e. The quantitative estimate of drug-likeness (QED) is 0.716. The van der Waals surface area contributed by atoms with Crippen molar-refractivity contribution < 1.29 is 0 Å². The Balaban J connectivity index is 1.50. The molecule has 0 aromatic heterocycles. The highest BCUT2D eigenvalue weighted by Crippen LogP contribution is 2.33. The van der Waals surface area contributed by atoms with Gasteiger partial charge in [0.2, 0.25) is 0 Å². The second kappa shape index (κ2) is 8.33. The van der Waals surface area contributed by atoms with E-state index in [0.717, 1.165) is 12.2 Å². The number of fused-ring (bicyclic) bond motifs is 1. The molecule has 2 N–H and O–H groups in total. The number of allylic oxidation sites excluding steroid dienone is 1. The number of nitrogens with zero attached hydrogens (tertiary/aromatic N) is 1. The van der Waals surface area contributed by atoms with Crippen molar-refractivity contribution >= 4 is 17.5 Å². The summed E-state index contributed by atoms with van der Waals surface area (Å²) in [5.74, 6) is 2.13.